The number of hydrogen-bond donors (Lipinski definition) is 2. The first-order valence-electron chi connectivity index (χ1n) is 5.98. The number of fused-ring (bicyclic) bond motifs is 1. The zero-order valence-electron chi connectivity index (χ0n) is 11.0. The summed E-state index contributed by atoms with van der Waals surface area (Å²) in [5.74, 6) is -0.757. The molecule has 0 radical (unpaired) electrons. The molecule has 0 saturated carbocycles. The minimum Gasteiger partial charge on any atom is -0.477 e. The van der Waals surface area contributed by atoms with Gasteiger partial charge in [0.1, 0.15) is 0 Å². The molecule has 1 aromatic carbocycles. The molecule has 0 bridgehead atoms. The van der Waals surface area contributed by atoms with Crippen molar-refractivity contribution in [3.8, 4) is 0 Å². The number of carboxylic acid groups (broad SMARTS) is 1. The number of carboxylic acids is 1. The first-order valence-corrected chi connectivity index (χ1v) is 5.98. The van der Waals surface area contributed by atoms with Crippen LogP contribution in [0, 0.1) is 0 Å². The van der Waals surface area contributed by atoms with Gasteiger partial charge >= 0.3 is 5.97 Å². The molecule has 2 aromatic rings. The van der Waals surface area contributed by atoms with Crippen molar-refractivity contribution in [3.63, 3.8) is 0 Å². The predicted molar refractivity (Wildman–Crippen MR) is 71.5 cm³/mol. The lowest BCUT2D eigenvalue weighted by Gasteiger charge is -2.31. The van der Waals surface area contributed by atoms with Crippen molar-refractivity contribution in [2.45, 2.75) is 12.5 Å². The van der Waals surface area contributed by atoms with Crippen molar-refractivity contribution in [1.82, 2.24) is 4.98 Å². The number of benzene rings is 1. The predicted octanol–water partition coefficient (Wildman–Crippen LogP) is 1.87. The standard InChI is InChI=1S/C14H18N2O2/c1-16(2,3)13(14(17)18)8-10-9-15-12-7-5-4-6-11(10)12/h4-7,9,13,15H,8H2,1-3H3/p+1/t13-/m0/s1. The van der Waals surface area contributed by atoms with Gasteiger partial charge in [0, 0.05) is 23.5 Å². The van der Waals surface area contributed by atoms with E-state index < -0.39 is 12.0 Å². The summed E-state index contributed by atoms with van der Waals surface area (Å²) in [6, 6.07) is 7.53. The third-order valence-electron chi connectivity index (χ3n) is 3.31. The molecule has 4 heteroatoms. The highest BCUT2D eigenvalue weighted by Crippen LogP contribution is 2.21. The molecule has 96 valence electrons. The molecule has 1 atom stereocenters. The maximum Gasteiger partial charge on any atom is 0.362 e. The quantitative estimate of drug-likeness (QED) is 0.810. The number of para-hydroxylation sites is 1. The molecule has 0 unspecified atom stereocenters. The Balaban J connectivity index is 2.35. The van der Waals surface area contributed by atoms with E-state index in [2.05, 4.69) is 4.98 Å². The van der Waals surface area contributed by atoms with Crippen molar-refractivity contribution < 1.29 is 14.4 Å². The molecule has 0 spiro atoms. The molecule has 0 saturated heterocycles. The molecule has 1 heterocycles. The van der Waals surface area contributed by atoms with E-state index in [9.17, 15) is 9.90 Å². The van der Waals surface area contributed by atoms with Crippen molar-refractivity contribution in [3.05, 3.63) is 36.0 Å². The molecule has 0 aliphatic carbocycles. The number of hydrogen-bond acceptors (Lipinski definition) is 1. The van der Waals surface area contributed by atoms with E-state index >= 15 is 0 Å². The minimum atomic E-state index is -0.757. The van der Waals surface area contributed by atoms with Gasteiger partial charge in [0.2, 0.25) is 0 Å². The van der Waals surface area contributed by atoms with E-state index in [1.165, 1.54) is 0 Å². The summed E-state index contributed by atoms with van der Waals surface area (Å²) in [5.41, 5.74) is 2.11. The molecular weight excluding hydrogens is 228 g/mol. The Kier molecular flexibility index (Phi) is 3.13. The first-order chi connectivity index (χ1) is 8.39. The maximum atomic E-state index is 11.4. The Labute approximate surface area is 106 Å². The number of aromatic nitrogens is 1. The summed E-state index contributed by atoms with van der Waals surface area (Å²) in [5, 5.41) is 10.5. The average molecular weight is 247 g/mol. The molecule has 2 N–H and O–H groups in total. The van der Waals surface area contributed by atoms with Gasteiger partial charge in [-0.25, -0.2) is 4.79 Å². The van der Waals surface area contributed by atoms with Crippen LogP contribution in [0.2, 0.25) is 0 Å². The molecule has 1 aromatic heterocycles. The van der Waals surface area contributed by atoms with Gasteiger partial charge in [-0.05, 0) is 11.6 Å². The minimum absolute atomic E-state index is 0.412. The van der Waals surface area contributed by atoms with E-state index in [4.69, 9.17) is 0 Å². The summed E-state index contributed by atoms with van der Waals surface area (Å²) in [6.45, 7) is 0. The van der Waals surface area contributed by atoms with Crippen molar-refractivity contribution in [1.29, 1.82) is 0 Å². The van der Waals surface area contributed by atoms with Gasteiger partial charge in [0.15, 0.2) is 6.04 Å². The van der Waals surface area contributed by atoms with Crippen molar-refractivity contribution in [2.75, 3.05) is 21.1 Å². The summed E-state index contributed by atoms with van der Waals surface area (Å²) < 4.78 is 0.412. The van der Waals surface area contributed by atoms with Crippen molar-refractivity contribution in [2.24, 2.45) is 0 Å². The number of aliphatic carboxylic acids is 1. The SMILES string of the molecule is C[N+](C)(C)[C@@H](Cc1c[nH]c2ccccc12)C(=O)O. The third-order valence-corrected chi connectivity index (χ3v) is 3.31. The molecule has 0 aliphatic rings. The Morgan fingerprint density at radius 2 is 2.00 bits per heavy atom. The van der Waals surface area contributed by atoms with E-state index in [1.807, 2.05) is 51.6 Å². The van der Waals surface area contributed by atoms with Crippen LogP contribution in [0.15, 0.2) is 30.5 Å². The van der Waals surface area contributed by atoms with E-state index in [0.29, 0.717) is 10.9 Å². The first kappa shape index (κ1) is 12.6. The van der Waals surface area contributed by atoms with Crippen LogP contribution in [0.1, 0.15) is 5.56 Å². The van der Waals surface area contributed by atoms with Crippen LogP contribution < -0.4 is 0 Å². The Bertz CT molecular complexity index is 566. The second-order valence-corrected chi connectivity index (χ2v) is 5.53. The number of likely N-dealkylation sites (N-methyl/N-ethyl adjacent to an activating group) is 1. The van der Waals surface area contributed by atoms with Crippen LogP contribution in [0.25, 0.3) is 10.9 Å². The zero-order valence-corrected chi connectivity index (χ0v) is 11.0. The van der Waals surface area contributed by atoms with Crippen LogP contribution in [-0.4, -0.2) is 47.7 Å². The number of H-pyrrole nitrogens is 1. The highest BCUT2D eigenvalue weighted by Gasteiger charge is 2.32. The summed E-state index contributed by atoms with van der Waals surface area (Å²) in [6.07, 6.45) is 2.44. The van der Waals surface area contributed by atoms with Crippen LogP contribution >= 0.6 is 0 Å². The summed E-state index contributed by atoms with van der Waals surface area (Å²) in [7, 11) is 5.73. The second kappa shape index (κ2) is 4.46. The smallest absolute Gasteiger partial charge is 0.362 e. The topological polar surface area (TPSA) is 53.1 Å². The summed E-state index contributed by atoms with van der Waals surface area (Å²) >= 11 is 0. The van der Waals surface area contributed by atoms with Gasteiger partial charge in [0.25, 0.3) is 0 Å². The van der Waals surface area contributed by atoms with Crippen LogP contribution in [-0.2, 0) is 11.2 Å². The Morgan fingerprint density at radius 3 is 2.61 bits per heavy atom. The fraction of sp³-hybridized carbons (Fsp3) is 0.357. The molecule has 0 aliphatic heterocycles. The van der Waals surface area contributed by atoms with Crippen LogP contribution in [0.4, 0.5) is 0 Å². The largest absolute Gasteiger partial charge is 0.477 e. The molecule has 0 amide bonds. The molecule has 2 rings (SSSR count). The fourth-order valence-electron chi connectivity index (χ4n) is 2.20. The Morgan fingerprint density at radius 1 is 1.33 bits per heavy atom. The van der Waals surface area contributed by atoms with Gasteiger partial charge < -0.3 is 14.6 Å². The number of rotatable bonds is 4. The van der Waals surface area contributed by atoms with Gasteiger partial charge in [0.05, 0.1) is 21.1 Å². The van der Waals surface area contributed by atoms with Crippen LogP contribution in [0.3, 0.4) is 0 Å². The fourth-order valence-corrected chi connectivity index (χ4v) is 2.20. The lowest BCUT2D eigenvalue weighted by atomic mass is 10.0. The zero-order chi connectivity index (χ0) is 13.3. The van der Waals surface area contributed by atoms with E-state index in [0.717, 1.165) is 16.5 Å². The number of quaternary nitrogens is 1. The third kappa shape index (κ3) is 2.38. The maximum absolute atomic E-state index is 11.4. The Hall–Kier alpha value is -1.81. The van der Waals surface area contributed by atoms with Gasteiger partial charge in [-0.15, -0.1) is 0 Å². The average Bonchev–Trinajstić information content (AvgIpc) is 2.67. The molecular formula is C14H19N2O2+. The number of nitrogens with zero attached hydrogens (tertiary/aromatic N) is 1. The van der Waals surface area contributed by atoms with Crippen molar-refractivity contribution >= 4 is 16.9 Å². The number of carbonyl (C=O) groups is 1. The normalized spacial score (nSPS) is 13.7. The van der Waals surface area contributed by atoms with Gasteiger partial charge in [-0.3, -0.25) is 0 Å². The monoisotopic (exact) mass is 247 g/mol. The van der Waals surface area contributed by atoms with E-state index in [1.54, 1.807) is 0 Å². The molecule has 0 fully saturated rings. The highest BCUT2D eigenvalue weighted by molar-refractivity contribution is 5.84. The molecule has 4 nitrogen and oxygen atoms in total. The lowest BCUT2D eigenvalue weighted by Crippen LogP contribution is -2.51. The number of aromatic amines is 1. The van der Waals surface area contributed by atoms with Gasteiger partial charge in [-0.1, -0.05) is 18.2 Å². The summed E-state index contributed by atoms with van der Waals surface area (Å²) in [4.78, 5) is 14.6. The second-order valence-electron chi connectivity index (χ2n) is 5.53. The van der Waals surface area contributed by atoms with E-state index in [-0.39, 0.29) is 0 Å². The number of nitrogens with one attached hydrogen (secondary N) is 1. The van der Waals surface area contributed by atoms with Gasteiger partial charge in [-0.2, -0.15) is 0 Å². The van der Waals surface area contributed by atoms with Crippen LogP contribution in [0.5, 0.6) is 0 Å². The lowest BCUT2D eigenvalue weighted by molar-refractivity contribution is -0.887. The molecule has 18 heavy (non-hydrogen) atoms. The highest BCUT2D eigenvalue weighted by atomic mass is 16.4.